The van der Waals surface area contributed by atoms with Gasteiger partial charge in [-0.25, -0.2) is 0 Å². The molecule has 4 heteroatoms. The zero-order valence-corrected chi connectivity index (χ0v) is 7.17. The molecule has 0 aliphatic carbocycles. The van der Waals surface area contributed by atoms with Gasteiger partial charge in [0.25, 0.3) is 0 Å². The van der Waals surface area contributed by atoms with Crippen LogP contribution in [0.3, 0.4) is 0 Å². The van der Waals surface area contributed by atoms with Crippen LogP contribution in [0.5, 0.6) is 0 Å². The van der Waals surface area contributed by atoms with Crippen molar-refractivity contribution in [2.24, 2.45) is 20.7 Å². The van der Waals surface area contributed by atoms with E-state index in [1.165, 1.54) is 5.56 Å². The molecule has 1 aromatic rings. The first-order valence-corrected chi connectivity index (χ1v) is 4.29. The van der Waals surface area contributed by atoms with E-state index >= 15 is 0 Å². The van der Waals surface area contributed by atoms with Gasteiger partial charge in [0.1, 0.15) is 0 Å². The Morgan fingerprint density at radius 1 is 1.00 bits per heavy atom. The van der Waals surface area contributed by atoms with Gasteiger partial charge in [0.15, 0.2) is 6.17 Å². The number of benzene rings is 1. The van der Waals surface area contributed by atoms with Gasteiger partial charge in [0.2, 0.25) is 0 Å². The van der Waals surface area contributed by atoms with E-state index in [0.717, 1.165) is 12.8 Å². The van der Waals surface area contributed by atoms with Crippen LogP contribution in [-0.4, -0.2) is 6.17 Å². The van der Waals surface area contributed by atoms with E-state index in [2.05, 4.69) is 32.8 Å². The maximum Gasteiger partial charge on any atom is 0.185 e. The van der Waals surface area contributed by atoms with Gasteiger partial charge in [-0.1, -0.05) is 30.3 Å². The topological polar surface area (TPSA) is 49.4 Å². The first kappa shape index (κ1) is 8.04. The average Bonchev–Trinajstić information content (AvgIpc) is 2.69. The standard InChI is InChI=1S/C9H10N4/c1-2-4-8(5-3-1)6-7-9-10-12-13-11-9/h1-5,9H,6-7H2. The van der Waals surface area contributed by atoms with Crippen LogP contribution in [0, 0.1) is 0 Å². The van der Waals surface area contributed by atoms with Gasteiger partial charge in [0.05, 0.1) is 0 Å². The number of hydrogen-bond donors (Lipinski definition) is 0. The highest BCUT2D eigenvalue weighted by Gasteiger charge is 2.08. The van der Waals surface area contributed by atoms with Crippen molar-refractivity contribution < 1.29 is 0 Å². The molecule has 13 heavy (non-hydrogen) atoms. The second kappa shape index (κ2) is 3.89. The normalized spacial score (nSPS) is 15.4. The Morgan fingerprint density at radius 2 is 1.69 bits per heavy atom. The summed E-state index contributed by atoms with van der Waals surface area (Å²) in [6.45, 7) is 0. The van der Waals surface area contributed by atoms with E-state index in [1.807, 2.05) is 18.2 Å². The largest absolute Gasteiger partial charge is 0.185 e. The van der Waals surface area contributed by atoms with Gasteiger partial charge in [0, 0.05) is 0 Å². The highest BCUT2D eigenvalue weighted by molar-refractivity contribution is 5.14. The van der Waals surface area contributed by atoms with Crippen LogP contribution in [0.25, 0.3) is 0 Å². The van der Waals surface area contributed by atoms with E-state index in [4.69, 9.17) is 0 Å². The zero-order valence-electron chi connectivity index (χ0n) is 7.17. The molecule has 1 heterocycles. The van der Waals surface area contributed by atoms with Gasteiger partial charge in [-0.2, -0.15) is 0 Å². The molecule has 0 radical (unpaired) electrons. The van der Waals surface area contributed by atoms with Crippen molar-refractivity contribution in [3.8, 4) is 0 Å². The Bertz CT molecular complexity index is 306. The van der Waals surface area contributed by atoms with E-state index in [-0.39, 0.29) is 6.17 Å². The predicted octanol–water partition coefficient (Wildman–Crippen LogP) is 2.78. The van der Waals surface area contributed by atoms with E-state index in [0.29, 0.717) is 0 Å². The smallest absolute Gasteiger partial charge is 0.138 e. The van der Waals surface area contributed by atoms with Crippen molar-refractivity contribution >= 4 is 0 Å². The third-order valence-corrected chi connectivity index (χ3v) is 1.94. The molecule has 0 amide bonds. The summed E-state index contributed by atoms with van der Waals surface area (Å²) in [6, 6.07) is 10.3. The van der Waals surface area contributed by atoms with Crippen molar-refractivity contribution in [2.75, 3.05) is 0 Å². The number of aryl methyl sites for hydroxylation is 1. The van der Waals surface area contributed by atoms with Gasteiger partial charge < -0.3 is 0 Å². The van der Waals surface area contributed by atoms with E-state index < -0.39 is 0 Å². The number of nitrogens with zero attached hydrogens (tertiary/aromatic N) is 4. The third-order valence-electron chi connectivity index (χ3n) is 1.94. The zero-order chi connectivity index (χ0) is 8.93. The van der Waals surface area contributed by atoms with Crippen molar-refractivity contribution in [3.63, 3.8) is 0 Å². The molecule has 0 saturated heterocycles. The molecule has 0 atom stereocenters. The van der Waals surface area contributed by atoms with E-state index in [9.17, 15) is 0 Å². The lowest BCUT2D eigenvalue weighted by Gasteiger charge is -2.00. The van der Waals surface area contributed by atoms with Gasteiger partial charge >= 0.3 is 0 Å². The van der Waals surface area contributed by atoms with E-state index in [1.54, 1.807) is 0 Å². The SMILES string of the molecule is c1ccc(CCC2N=NN=N2)cc1. The summed E-state index contributed by atoms with van der Waals surface area (Å²) >= 11 is 0. The summed E-state index contributed by atoms with van der Waals surface area (Å²) in [5.74, 6) is 0. The van der Waals surface area contributed by atoms with Crippen LogP contribution in [0.15, 0.2) is 51.0 Å². The second-order valence-corrected chi connectivity index (χ2v) is 2.91. The van der Waals surface area contributed by atoms with Crippen LogP contribution in [0.4, 0.5) is 0 Å². The number of rotatable bonds is 3. The molecule has 0 unspecified atom stereocenters. The first-order valence-electron chi connectivity index (χ1n) is 4.29. The lowest BCUT2D eigenvalue weighted by atomic mass is 10.1. The maximum atomic E-state index is 3.84. The highest BCUT2D eigenvalue weighted by Crippen LogP contribution is 2.12. The molecule has 1 aromatic carbocycles. The van der Waals surface area contributed by atoms with Crippen LogP contribution in [0.2, 0.25) is 0 Å². The van der Waals surface area contributed by atoms with Crippen LogP contribution >= 0.6 is 0 Å². The van der Waals surface area contributed by atoms with Crippen molar-refractivity contribution in [2.45, 2.75) is 19.0 Å². The molecular formula is C9H10N4. The Kier molecular flexibility index (Phi) is 2.40. The lowest BCUT2D eigenvalue weighted by molar-refractivity contribution is 0.635. The molecule has 0 saturated carbocycles. The van der Waals surface area contributed by atoms with Crippen LogP contribution < -0.4 is 0 Å². The minimum absolute atomic E-state index is 0.0554. The van der Waals surface area contributed by atoms with Crippen LogP contribution in [0.1, 0.15) is 12.0 Å². The molecule has 0 N–H and O–H groups in total. The molecule has 0 spiro atoms. The molecule has 0 bridgehead atoms. The molecular weight excluding hydrogens is 164 g/mol. The van der Waals surface area contributed by atoms with Gasteiger partial charge in [-0.3, -0.25) is 0 Å². The second-order valence-electron chi connectivity index (χ2n) is 2.91. The summed E-state index contributed by atoms with van der Waals surface area (Å²) in [6.07, 6.45) is 1.81. The fourth-order valence-corrected chi connectivity index (χ4v) is 1.24. The Labute approximate surface area is 76.4 Å². The summed E-state index contributed by atoms with van der Waals surface area (Å²) < 4.78 is 0. The predicted molar refractivity (Wildman–Crippen MR) is 48.3 cm³/mol. The minimum Gasteiger partial charge on any atom is -0.138 e. The Morgan fingerprint density at radius 3 is 2.38 bits per heavy atom. The fourth-order valence-electron chi connectivity index (χ4n) is 1.24. The number of hydrogen-bond acceptors (Lipinski definition) is 4. The molecule has 66 valence electrons. The van der Waals surface area contributed by atoms with Crippen LogP contribution in [-0.2, 0) is 6.42 Å². The van der Waals surface area contributed by atoms with Crippen molar-refractivity contribution in [1.29, 1.82) is 0 Å². The Hall–Kier alpha value is -1.58. The highest BCUT2D eigenvalue weighted by atomic mass is 15.6. The summed E-state index contributed by atoms with van der Waals surface area (Å²) in [5, 5.41) is 14.6. The average molecular weight is 174 g/mol. The summed E-state index contributed by atoms with van der Waals surface area (Å²) in [5.41, 5.74) is 1.31. The fraction of sp³-hybridized carbons (Fsp3) is 0.333. The first-order chi connectivity index (χ1) is 6.45. The minimum atomic E-state index is -0.0554. The van der Waals surface area contributed by atoms with Gasteiger partial charge in [-0.05, 0) is 28.9 Å². The molecule has 0 aromatic heterocycles. The molecule has 1 aliphatic heterocycles. The van der Waals surface area contributed by atoms with Crippen molar-refractivity contribution in [1.82, 2.24) is 0 Å². The summed E-state index contributed by atoms with van der Waals surface area (Å²) in [4.78, 5) is 0. The molecule has 1 aliphatic rings. The monoisotopic (exact) mass is 174 g/mol. The lowest BCUT2D eigenvalue weighted by Crippen LogP contribution is -1.98. The molecule has 4 nitrogen and oxygen atoms in total. The van der Waals surface area contributed by atoms with Gasteiger partial charge in [-0.15, -0.1) is 10.2 Å². The van der Waals surface area contributed by atoms with Crippen molar-refractivity contribution in [3.05, 3.63) is 35.9 Å². The maximum absolute atomic E-state index is 3.84. The summed E-state index contributed by atoms with van der Waals surface area (Å²) in [7, 11) is 0. The molecule has 0 fully saturated rings. The molecule has 2 rings (SSSR count). The quantitative estimate of drug-likeness (QED) is 0.676. The Balaban J connectivity index is 1.86. The third kappa shape index (κ3) is 2.18.